The third-order valence-corrected chi connectivity index (χ3v) is 2.92. The van der Waals surface area contributed by atoms with E-state index in [9.17, 15) is 4.39 Å². The van der Waals surface area contributed by atoms with Crippen LogP contribution in [-0.4, -0.2) is 18.8 Å². The molecule has 1 rings (SSSR count). The minimum atomic E-state index is -0.869. The Morgan fingerprint density at radius 3 is 2.62 bits per heavy atom. The molecule has 1 fully saturated rings. The first-order valence-electron chi connectivity index (χ1n) is 5.66. The van der Waals surface area contributed by atoms with Gasteiger partial charge in [0.2, 0.25) is 0 Å². The third-order valence-electron chi connectivity index (χ3n) is 2.92. The molecule has 0 aromatic carbocycles. The van der Waals surface area contributed by atoms with Crippen LogP contribution >= 0.6 is 0 Å². The Hall–Kier alpha value is -0.110. The Bertz CT molecular complexity index is 130. The molecular weight excluding hydrogens is 165 g/mol. The summed E-state index contributed by atoms with van der Waals surface area (Å²) in [6, 6.07) is 0. The molecule has 1 saturated heterocycles. The molecule has 0 aliphatic carbocycles. The van der Waals surface area contributed by atoms with Gasteiger partial charge >= 0.3 is 0 Å². The second kappa shape index (κ2) is 5.58. The van der Waals surface area contributed by atoms with Crippen molar-refractivity contribution in [3.05, 3.63) is 0 Å². The van der Waals surface area contributed by atoms with Crippen LogP contribution in [0.4, 0.5) is 4.39 Å². The van der Waals surface area contributed by atoms with Gasteiger partial charge in [-0.25, -0.2) is 4.39 Å². The fraction of sp³-hybridized carbons (Fsp3) is 1.00. The Labute approximate surface area is 81.1 Å². The van der Waals surface area contributed by atoms with Gasteiger partial charge in [-0.05, 0) is 19.4 Å². The van der Waals surface area contributed by atoms with Crippen molar-refractivity contribution < 1.29 is 4.39 Å². The summed E-state index contributed by atoms with van der Waals surface area (Å²) >= 11 is 0. The fourth-order valence-electron chi connectivity index (χ4n) is 1.97. The number of unbranched alkanes of at least 4 members (excludes halogenated alkanes) is 4. The van der Waals surface area contributed by atoms with E-state index in [4.69, 9.17) is 0 Å². The van der Waals surface area contributed by atoms with E-state index in [0.717, 1.165) is 25.8 Å². The van der Waals surface area contributed by atoms with Gasteiger partial charge < -0.3 is 5.32 Å². The SMILES string of the molecule is CCCCCCCC1(F)CCNC1. The highest BCUT2D eigenvalue weighted by atomic mass is 19.1. The molecule has 0 radical (unpaired) electrons. The highest BCUT2D eigenvalue weighted by Gasteiger charge is 2.32. The summed E-state index contributed by atoms with van der Waals surface area (Å²) in [4.78, 5) is 0. The van der Waals surface area contributed by atoms with Gasteiger partial charge in [-0.15, -0.1) is 0 Å². The fourth-order valence-corrected chi connectivity index (χ4v) is 1.97. The molecule has 1 heterocycles. The molecule has 1 nitrogen and oxygen atoms in total. The summed E-state index contributed by atoms with van der Waals surface area (Å²) in [5.41, 5.74) is -0.869. The molecule has 2 heteroatoms. The van der Waals surface area contributed by atoms with Gasteiger partial charge in [-0.1, -0.05) is 39.0 Å². The maximum atomic E-state index is 13.8. The number of rotatable bonds is 6. The van der Waals surface area contributed by atoms with Crippen LogP contribution in [0.5, 0.6) is 0 Å². The predicted octanol–water partition coefficient (Wildman–Crippen LogP) is 3.05. The molecule has 1 atom stereocenters. The first kappa shape index (κ1) is 11.0. The molecule has 1 N–H and O–H groups in total. The second-order valence-corrected chi connectivity index (χ2v) is 4.24. The second-order valence-electron chi connectivity index (χ2n) is 4.24. The molecule has 0 bridgehead atoms. The van der Waals surface area contributed by atoms with E-state index >= 15 is 0 Å². The van der Waals surface area contributed by atoms with E-state index in [0.29, 0.717) is 6.54 Å². The van der Waals surface area contributed by atoms with Crippen LogP contribution in [0, 0.1) is 0 Å². The standard InChI is InChI=1S/C11H22FN/c1-2-3-4-5-6-7-11(12)8-9-13-10-11/h13H,2-10H2,1H3. The van der Waals surface area contributed by atoms with Gasteiger partial charge in [0.15, 0.2) is 0 Å². The van der Waals surface area contributed by atoms with Gasteiger partial charge in [0.25, 0.3) is 0 Å². The largest absolute Gasteiger partial charge is 0.313 e. The van der Waals surface area contributed by atoms with Gasteiger partial charge in [-0.3, -0.25) is 0 Å². The average Bonchev–Trinajstić information content (AvgIpc) is 2.53. The summed E-state index contributed by atoms with van der Waals surface area (Å²) in [6.45, 7) is 3.66. The number of alkyl halides is 1. The quantitative estimate of drug-likeness (QED) is 0.630. The molecule has 0 aromatic rings. The molecular formula is C11H22FN. The molecule has 13 heavy (non-hydrogen) atoms. The molecule has 0 saturated carbocycles. The number of halogens is 1. The van der Waals surface area contributed by atoms with Crippen LogP contribution in [-0.2, 0) is 0 Å². The first-order chi connectivity index (χ1) is 6.27. The van der Waals surface area contributed by atoms with Crippen molar-refractivity contribution in [3.8, 4) is 0 Å². The normalized spacial score (nSPS) is 28.2. The molecule has 1 aliphatic heterocycles. The Morgan fingerprint density at radius 1 is 1.23 bits per heavy atom. The van der Waals surface area contributed by atoms with Gasteiger partial charge in [0, 0.05) is 6.54 Å². The van der Waals surface area contributed by atoms with Crippen molar-refractivity contribution >= 4 is 0 Å². The Morgan fingerprint density at radius 2 is 2.00 bits per heavy atom. The lowest BCUT2D eigenvalue weighted by molar-refractivity contribution is 0.170. The highest BCUT2D eigenvalue weighted by molar-refractivity contribution is 4.87. The van der Waals surface area contributed by atoms with Crippen LogP contribution in [0.1, 0.15) is 51.9 Å². The highest BCUT2D eigenvalue weighted by Crippen LogP contribution is 2.26. The van der Waals surface area contributed by atoms with Crippen molar-refractivity contribution in [1.82, 2.24) is 5.32 Å². The molecule has 1 aliphatic rings. The zero-order chi connectivity index (χ0) is 9.57. The van der Waals surface area contributed by atoms with Crippen molar-refractivity contribution in [2.45, 2.75) is 57.5 Å². The number of nitrogens with one attached hydrogen (secondary N) is 1. The smallest absolute Gasteiger partial charge is 0.124 e. The van der Waals surface area contributed by atoms with Crippen molar-refractivity contribution in [2.24, 2.45) is 0 Å². The lowest BCUT2D eigenvalue weighted by atomic mass is 9.97. The van der Waals surface area contributed by atoms with E-state index in [1.165, 1.54) is 25.7 Å². The lowest BCUT2D eigenvalue weighted by Crippen LogP contribution is -2.25. The minimum Gasteiger partial charge on any atom is -0.313 e. The maximum Gasteiger partial charge on any atom is 0.124 e. The predicted molar refractivity (Wildman–Crippen MR) is 54.7 cm³/mol. The van der Waals surface area contributed by atoms with Gasteiger partial charge in [-0.2, -0.15) is 0 Å². The van der Waals surface area contributed by atoms with E-state index in [1.54, 1.807) is 0 Å². The summed E-state index contributed by atoms with van der Waals surface area (Å²) in [5, 5.41) is 3.09. The number of hydrogen-bond donors (Lipinski definition) is 1. The Kier molecular flexibility index (Phi) is 4.71. The monoisotopic (exact) mass is 187 g/mol. The van der Waals surface area contributed by atoms with Crippen molar-refractivity contribution in [1.29, 1.82) is 0 Å². The zero-order valence-electron chi connectivity index (χ0n) is 8.74. The van der Waals surface area contributed by atoms with E-state index < -0.39 is 5.67 Å². The molecule has 78 valence electrons. The van der Waals surface area contributed by atoms with Crippen LogP contribution in [0.25, 0.3) is 0 Å². The summed E-state index contributed by atoms with van der Waals surface area (Å²) in [7, 11) is 0. The number of hydrogen-bond acceptors (Lipinski definition) is 1. The van der Waals surface area contributed by atoms with Gasteiger partial charge in [0.1, 0.15) is 5.67 Å². The van der Waals surface area contributed by atoms with E-state index in [-0.39, 0.29) is 0 Å². The topological polar surface area (TPSA) is 12.0 Å². The lowest BCUT2D eigenvalue weighted by Gasteiger charge is -2.17. The molecule has 1 unspecified atom stereocenters. The summed E-state index contributed by atoms with van der Waals surface area (Å²) < 4.78 is 13.8. The minimum absolute atomic E-state index is 0.584. The first-order valence-corrected chi connectivity index (χ1v) is 5.66. The summed E-state index contributed by atoms with van der Waals surface area (Å²) in [6.07, 6.45) is 7.61. The van der Waals surface area contributed by atoms with Crippen molar-refractivity contribution in [2.75, 3.05) is 13.1 Å². The van der Waals surface area contributed by atoms with Gasteiger partial charge in [0.05, 0.1) is 0 Å². The summed E-state index contributed by atoms with van der Waals surface area (Å²) in [5.74, 6) is 0. The van der Waals surface area contributed by atoms with Crippen LogP contribution in [0.2, 0.25) is 0 Å². The van der Waals surface area contributed by atoms with E-state index in [1.807, 2.05) is 0 Å². The third kappa shape index (κ3) is 4.08. The van der Waals surface area contributed by atoms with Crippen LogP contribution in [0.3, 0.4) is 0 Å². The average molecular weight is 187 g/mol. The van der Waals surface area contributed by atoms with Crippen molar-refractivity contribution in [3.63, 3.8) is 0 Å². The van der Waals surface area contributed by atoms with E-state index in [2.05, 4.69) is 12.2 Å². The molecule has 0 spiro atoms. The maximum absolute atomic E-state index is 13.8. The molecule has 0 amide bonds. The van der Waals surface area contributed by atoms with Crippen LogP contribution in [0.15, 0.2) is 0 Å². The van der Waals surface area contributed by atoms with Crippen LogP contribution < -0.4 is 5.32 Å². The Balaban J connectivity index is 1.98. The molecule has 0 aromatic heterocycles. The zero-order valence-corrected chi connectivity index (χ0v) is 8.74.